The van der Waals surface area contributed by atoms with Crippen molar-refractivity contribution in [3.63, 3.8) is 0 Å². The maximum atomic E-state index is 11.9. The smallest absolute Gasteiger partial charge is 0.321 e. The third-order valence-corrected chi connectivity index (χ3v) is 4.61. The lowest BCUT2D eigenvalue weighted by Gasteiger charge is -2.23. The number of nitrogens with one attached hydrogen (secondary N) is 1. The van der Waals surface area contributed by atoms with Crippen molar-refractivity contribution in [3.05, 3.63) is 58.2 Å². The minimum absolute atomic E-state index is 0.00942. The van der Waals surface area contributed by atoms with E-state index in [4.69, 9.17) is 0 Å². The Morgan fingerprint density at radius 1 is 1.24 bits per heavy atom. The summed E-state index contributed by atoms with van der Waals surface area (Å²) >= 11 is 0. The number of aliphatic carboxylic acids is 1. The molecule has 0 saturated heterocycles. The average molecular weight is 402 g/mol. The van der Waals surface area contributed by atoms with Crippen LogP contribution in [0.2, 0.25) is 0 Å². The monoisotopic (exact) mass is 402 g/mol. The maximum Gasteiger partial charge on any atom is 0.321 e. The summed E-state index contributed by atoms with van der Waals surface area (Å²) in [6, 6.07) is 4.71. The Kier molecular flexibility index (Phi) is 7.60. The number of carbonyl (C=O) groups excluding carboxylic acids is 1. The number of rotatable bonds is 11. The first-order valence-electron chi connectivity index (χ1n) is 9.39. The van der Waals surface area contributed by atoms with Crippen molar-refractivity contribution in [3.8, 4) is 0 Å². The van der Waals surface area contributed by atoms with Crippen LogP contribution in [-0.2, 0) is 22.6 Å². The fourth-order valence-corrected chi connectivity index (χ4v) is 3.07. The Hall–Kier alpha value is -3.07. The third-order valence-electron chi connectivity index (χ3n) is 4.61. The van der Waals surface area contributed by atoms with Crippen LogP contribution in [0.1, 0.15) is 38.4 Å². The van der Waals surface area contributed by atoms with Gasteiger partial charge in [-0.3, -0.25) is 25.0 Å². The van der Waals surface area contributed by atoms with E-state index in [2.05, 4.69) is 10.3 Å². The quantitative estimate of drug-likeness (QED) is 0.436. The standard InChI is InChI=1S/C20H26N4O5/c1-13(2)8-18(14(3)25)22-19(20(26)27)9-17-10-21-12-23(17)11-15-4-6-16(7-5-15)24(28)29/h4-7,10,12-13,18-19,22H,8-9,11H2,1-3H3,(H,26,27). The fourth-order valence-electron chi connectivity index (χ4n) is 3.07. The van der Waals surface area contributed by atoms with E-state index in [1.54, 1.807) is 29.2 Å². The lowest BCUT2D eigenvalue weighted by molar-refractivity contribution is -0.384. The highest BCUT2D eigenvalue weighted by Crippen LogP contribution is 2.15. The van der Waals surface area contributed by atoms with Gasteiger partial charge in [0.05, 0.1) is 17.3 Å². The van der Waals surface area contributed by atoms with E-state index in [1.165, 1.54) is 19.1 Å². The molecule has 0 aliphatic heterocycles. The molecule has 1 aromatic carbocycles. The number of aromatic nitrogens is 2. The van der Waals surface area contributed by atoms with Gasteiger partial charge >= 0.3 is 5.97 Å². The number of hydrogen-bond donors (Lipinski definition) is 2. The molecule has 156 valence electrons. The minimum Gasteiger partial charge on any atom is -0.480 e. The van der Waals surface area contributed by atoms with Crippen molar-refractivity contribution in [2.45, 2.75) is 52.2 Å². The van der Waals surface area contributed by atoms with E-state index in [-0.39, 0.29) is 23.8 Å². The maximum absolute atomic E-state index is 11.9. The number of nitro groups is 1. The van der Waals surface area contributed by atoms with Gasteiger partial charge in [-0.2, -0.15) is 0 Å². The van der Waals surface area contributed by atoms with Crippen molar-refractivity contribution in [2.75, 3.05) is 0 Å². The molecule has 2 rings (SSSR count). The van der Waals surface area contributed by atoms with Crippen LogP contribution in [0, 0.1) is 16.0 Å². The van der Waals surface area contributed by atoms with Crippen LogP contribution in [0.3, 0.4) is 0 Å². The Bertz CT molecular complexity index is 860. The number of hydrogen-bond acceptors (Lipinski definition) is 6. The topological polar surface area (TPSA) is 127 Å². The van der Waals surface area contributed by atoms with Gasteiger partial charge in [-0.15, -0.1) is 0 Å². The lowest BCUT2D eigenvalue weighted by atomic mass is 9.99. The second kappa shape index (κ2) is 9.92. The fraction of sp³-hybridized carbons (Fsp3) is 0.450. The van der Waals surface area contributed by atoms with E-state index in [0.29, 0.717) is 18.7 Å². The van der Waals surface area contributed by atoms with Crippen LogP contribution in [0.5, 0.6) is 0 Å². The molecule has 0 aliphatic rings. The minimum atomic E-state index is -1.04. The van der Waals surface area contributed by atoms with Crippen molar-refractivity contribution >= 4 is 17.4 Å². The number of non-ortho nitro benzene ring substituents is 1. The average Bonchev–Trinajstić information content (AvgIpc) is 3.07. The molecule has 2 N–H and O–H groups in total. The number of Topliss-reactive ketones (excluding diaryl/α,β-unsaturated/α-hetero) is 1. The number of nitrogens with zero attached hydrogens (tertiary/aromatic N) is 3. The molecule has 2 unspecified atom stereocenters. The molecular weight excluding hydrogens is 376 g/mol. The van der Waals surface area contributed by atoms with E-state index in [9.17, 15) is 24.8 Å². The predicted octanol–water partition coefficient (Wildman–Crippen LogP) is 2.43. The zero-order chi connectivity index (χ0) is 21.6. The molecule has 0 spiro atoms. The van der Waals surface area contributed by atoms with Crippen molar-refractivity contribution in [1.29, 1.82) is 0 Å². The van der Waals surface area contributed by atoms with Gasteiger partial charge in [0.1, 0.15) is 11.8 Å². The van der Waals surface area contributed by atoms with Crippen LogP contribution in [0.4, 0.5) is 5.69 Å². The normalized spacial score (nSPS) is 13.2. The highest BCUT2D eigenvalue weighted by Gasteiger charge is 2.26. The Morgan fingerprint density at radius 2 is 1.90 bits per heavy atom. The summed E-state index contributed by atoms with van der Waals surface area (Å²) in [5.41, 5.74) is 1.53. The SMILES string of the molecule is CC(=O)C(CC(C)C)NC(Cc1cncn1Cc1ccc([N+](=O)[O-])cc1)C(=O)O. The molecule has 0 bridgehead atoms. The molecular formula is C20H26N4O5. The molecule has 0 amide bonds. The van der Waals surface area contributed by atoms with Gasteiger partial charge in [0.25, 0.3) is 5.69 Å². The predicted molar refractivity (Wildman–Crippen MR) is 107 cm³/mol. The van der Waals surface area contributed by atoms with Crippen molar-refractivity contribution < 1.29 is 19.6 Å². The molecule has 1 aromatic heterocycles. The van der Waals surface area contributed by atoms with E-state index >= 15 is 0 Å². The second-order valence-corrected chi connectivity index (χ2v) is 7.49. The van der Waals surface area contributed by atoms with Gasteiger partial charge in [-0.1, -0.05) is 26.0 Å². The number of benzene rings is 1. The first-order chi connectivity index (χ1) is 13.7. The van der Waals surface area contributed by atoms with Gasteiger partial charge in [0.15, 0.2) is 0 Å². The number of carboxylic acids is 1. The van der Waals surface area contributed by atoms with Crippen LogP contribution < -0.4 is 5.32 Å². The summed E-state index contributed by atoms with van der Waals surface area (Å²) < 4.78 is 1.80. The molecule has 9 heteroatoms. The zero-order valence-corrected chi connectivity index (χ0v) is 16.7. The van der Waals surface area contributed by atoms with E-state index < -0.39 is 23.0 Å². The highest BCUT2D eigenvalue weighted by atomic mass is 16.6. The summed E-state index contributed by atoms with van der Waals surface area (Å²) in [4.78, 5) is 38.1. The molecule has 2 atom stereocenters. The molecule has 1 heterocycles. The van der Waals surface area contributed by atoms with Gasteiger partial charge in [-0.05, 0) is 24.8 Å². The molecule has 9 nitrogen and oxygen atoms in total. The van der Waals surface area contributed by atoms with Crippen LogP contribution in [0.25, 0.3) is 0 Å². The van der Waals surface area contributed by atoms with Crippen LogP contribution in [0.15, 0.2) is 36.8 Å². The summed E-state index contributed by atoms with van der Waals surface area (Å²) in [7, 11) is 0. The van der Waals surface area contributed by atoms with Gasteiger partial charge < -0.3 is 9.67 Å². The number of carbonyl (C=O) groups is 2. The Labute approximate surface area is 168 Å². The Morgan fingerprint density at radius 3 is 2.41 bits per heavy atom. The van der Waals surface area contributed by atoms with Crippen molar-refractivity contribution in [1.82, 2.24) is 14.9 Å². The van der Waals surface area contributed by atoms with E-state index in [0.717, 1.165) is 5.56 Å². The van der Waals surface area contributed by atoms with Gasteiger partial charge in [0, 0.05) is 37.0 Å². The molecule has 0 radical (unpaired) electrons. The largest absolute Gasteiger partial charge is 0.480 e. The van der Waals surface area contributed by atoms with E-state index in [1.807, 2.05) is 13.8 Å². The van der Waals surface area contributed by atoms with Crippen LogP contribution in [-0.4, -0.2) is 43.4 Å². The molecule has 0 fully saturated rings. The summed E-state index contributed by atoms with van der Waals surface area (Å²) in [5.74, 6) is -0.883. The molecule has 0 aliphatic carbocycles. The molecule has 2 aromatic rings. The first kappa shape index (κ1) is 22.2. The summed E-state index contributed by atoms with van der Waals surface area (Å²) in [6.07, 6.45) is 3.89. The number of imidazole rings is 1. The zero-order valence-electron chi connectivity index (χ0n) is 16.7. The number of nitro benzene ring substituents is 1. The molecule has 0 saturated carbocycles. The third kappa shape index (κ3) is 6.49. The number of carboxylic acid groups (broad SMARTS) is 1. The summed E-state index contributed by atoms with van der Waals surface area (Å²) in [5, 5.41) is 23.4. The van der Waals surface area contributed by atoms with Crippen LogP contribution >= 0.6 is 0 Å². The second-order valence-electron chi connectivity index (χ2n) is 7.49. The number of ketones is 1. The lowest BCUT2D eigenvalue weighted by Crippen LogP contribution is -2.48. The van der Waals surface area contributed by atoms with Gasteiger partial charge in [0.2, 0.25) is 0 Å². The summed E-state index contributed by atoms with van der Waals surface area (Å²) in [6.45, 7) is 5.82. The van der Waals surface area contributed by atoms with Gasteiger partial charge in [-0.25, -0.2) is 4.98 Å². The highest BCUT2D eigenvalue weighted by molar-refractivity contribution is 5.83. The Balaban J connectivity index is 2.13. The first-order valence-corrected chi connectivity index (χ1v) is 9.39. The van der Waals surface area contributed by atoms with Crippen molar-refractivity contribution in [2.24, 2.45) is 5.92 Å². The molecule has 29 heavy (non-hydrogen) atoms.